The van der Waals surface area contributed by atoms with Crippen LogP contribution in [0.15, 0.2) is 35.3 Å². The van der Waals surface area contributed by atoms with E-state index in [-0.39, 0.29) is 0 Å². The third kappa shape index (κ3) is 3.01. The summed E-state index contributed by atoms with van der Waals surface area (Å²) >= 11 is 0. The molecule has 0 aromatic heterocycles. The first-order chi connectivity index (χ1) is 7.25. The fourth-order valence-corrected chi connectivity index (χ4v) is 1.81. The van der Waals surface area contributed by atoms with Crippen molar-refractivity contribution in [2.75, 3.05) is 0 Å². The summed E-state index contributed by atoms with van der Waals surface area (Å²) < 4.78 is 0. The minimum atomic E-state index is 0.403. The SMILES string of the molecule is CC(=N)N=CC1CC1Cc1ccccc1. The number of benzene rings is 1. The number of amidine groups is 1. The Hall–Kier alpha value is -1.44. The Morgan fingerprint density at radius 3 is 2.87 bits per heavy atom. The van der Waals surface area contributed by atoms with Crippen LogP contribution in [0.4, 0.5) is 0 Å². The van der Waals surface area contributed by atoms with Crippen LogP contribution in [0.25, 0.3) is 0 Å². The summed E-state index contributed by atoms with van der Waals surface area (Å²) in [5.74, 6) is 1.75. The van der Waals surface area contributed by atoms with E-state index >= 15 is 0 Å². The van der Waals surface area contributed by atoms with Crippen LogP contribution in [0.1, 0.15) is 18.9 Å². The average molecular weight is 200 g/mol. The quantitative estimate of drug-likeness (QED) is 0.575. The highest BCUT2D eigenvalue weighted by molar-refractivity contribution is 5.86. The van der Waals surface area contributed by atoms with Gasteiger partial charge in [0.25, 0.3) is 0 Å². The molecule has 0 aliphatic heterocycles. The molecule has 15 heavy (non-hydrogen) atoms. The number of nitrogens with one attached hydrogen (secondary N) is 1. The van der Waals surface area contributed by atoms with Gasteiger partial charge in [0.2, 0.25) is 0 Å². The minimum Gasteiger partial charge on any atom is -0.287 e. The molecule has 0 amide bonds. The lowest BCUT2D eigenvalue weighted by atomic mass is 10.1. The van der Waals surface area contributed by atoms with E-state index in [4.69, 9.17) is 5.41 Å². The van der Waals surface area contributed by atoms with Crippen molar-refractivity contribution in [2.45, 2.75) is 19.8 Å². The van der Waals surface area contributed by atoms with Gasteiger partial charge in [-0.3, -0.25) is 5.41 Å². The fourth-order valence-electron chi connectivity index (χ4n) is 1.81. The monoisotopic (exact) mass is 200 g/mol. The van der Waals surface area contributed by atoms with Crippen molar-refractivity contribution in [2.24, 2.45) is 16.8 Å². The van der Waals surface area contributed by atoms with Crippen molar-refractivity contribution < 1.29 is 0 Å². The third-order valence-corrected chi connectivity index (χ3v) is 2.78. The summed E-state index contributed by atoms with van der Waals surface area (Å²) in [7, 11) is 0. The molecule has 2 rings (SSSR count). The molecule has 1 aliphatic carbocycles. The van der Waals surface area contributed by atoms with Crippen molar-refractivity contribution in [3.63, 3.8) is 0 Å². The topological polar surface area (TPSA) is 36.2 Å². The molecule has 0 saturated heterocycles. The van der Waals surface area contributed by atoms with Gasteiger partial charge in [-0.1, -0.05) is 30.3 Å². The highest BCUT2D eigenvalue weighted by Gasteiger charge is 2.35. The molecule has 1 aromatic carbocycles. The maximum absolute atomic E-state index is 7.20. The molecule has 78 valence electrons. The number of aliphatic imine (C=N–C) groups is 1. The molecule has 2 nitrogen and oxygen atoms in total. The second-order valence-corrected chi connectivity index (χ2v) is 4.21. The Bertz CT molecular complexity index is 367. The molecule has 0 radical (unpaired) electrons. The van der Waals surface area contributed by atoms with Gasteiger partial charge in [0.15, 0.2) is 0 Å². The molecule has 2 unspecified atom stereocenters. The predicted octanol–water partition coefficient (Wildman–Crippen LogP) is 2.93. The molecule has 1 aliphatic rings. The largest absolute Gasteiger partial charge is 0.287 e. The number of nitrogens with zero attached hydrogens (tertiary/aromatic N) is 1. The van der Waals surface area contributed by atoms with E-state index in [0.29, 0.717) is 11.8 Å². The highest BCUT2D eigenvalue weighted by atomic mass is 14.8. The summed E-state index contributed by atoms with van der Waals surface area (Å²) in [5, 5.41) is 7.20. The van der Waals surface area contributed by atoms with Gasteiger partial charge in [0.05, 0.1) is 0 Å². The first-order valence-electron chi connectivity index (χ1n) is 5.39. The van der Waals surface area contributed by atoms with Gasteiger partial charge in [0, 0.05) is 6.21 Å². The maximum atomic E-state index is 7.20. The van der Waals surface area contributed by atoms with Crippen LogP contribution in [0.5, 0.6) is 0 Å². The van der Waals surface area contributed by atoms with Crippen molar-refractivity contribution in [3.05, 3.63) is 35.9 Å². The van der Waals surface area contributed by atoms with Crippen molar-refractivity contribution in [3.8, 4) is 0 Å². The third-order valence-electron chi connectivity index (χ3n) is 2.78. The van der Waals surface area contributed by atoms with Gasteiger partial charge < -0.3 is 0 Å². The van der Waals surface area contributed by atoms with Crippen LogP contribution in [-0.4, -0.2) is 12.1 Å². The zero-order valence-corrected chi connectivity index (χ0v) is 8.98. The number of rotatable bonds is 3. The normalized spacial score (nSPS) is 24.3. The second kappa shape index (κ2) is 4.39. The van der Waals surface area contributed by atoms with E-state index in [1.54, 1.807) is 6.92 Å². The number of hydrogen-bond donors (Lipinski definition) is 1. The zero-order valence-electron chi connectivity index (χ0n) is 8.98. The van der Waals surface area contributed by atoms with E-state index in [1.165, 1.54) is 12.0 Å². The number of hydrogen-bond acceptors (Lipinski definition) is 1. The maximum Gasteiger partial charge on any atom is 0.116 e. The van der Waals surface area contributed by atoms with Gasteiger partial charge in [-0.15, -0.1) is 0 Å². The minimum absolute atomic E-state index is 0.403. The van der Waals surface area contributed by atoms with Crippen molar-refractivity contribution >= 4 is 12.1 Å². The van der Waals surface area contributed by atoms with Crippen LogP contribution in [0, 0.1) is 17.2 Å². The van der Waals surface area contributed by atoms with E-state index in [0.717, 1.165) is 12.3 Å². The van der Waals surface area contributed by atoms with E-state index in [2.05, 4.69) is 29.3 Å². The van der Waals surface area contributed by atoms with E-state index < -0.39 is 0 Å². The molecule has 0 heterocycles. The zero-order chi connectivity index (χ0) is 10.7. The van der Waals surface area contributed by atoms with Crippen molar-refractivity contribution in [1.29, 1.82) is 5.41 Å². The summed E-state index contributed by atoms with van der Waals surface area (Å²) in [5.41, 5.74) is 1.41. The van der Waals surface area contributed by atoms with Gasteiger partial charge in [-0.2, -0.15) is 0 Å². The lowest BCUT2D eigenvalue weighted by molar-refractivity contribution is 0.803. The molecule has 0 bridgehead atoms. The first-order valence-corrected chi connectivity index (χ1v) is 5.39. The van der Waals surface area contributed by atoms with Crippen molar-refractivity contribution in [1.82, 2.24) is 0 Å². The predicted molar refractivity (Wildman–Crippen MR) is 63.6 cm³/mol. The molecule has 1 fully saturated rings. The average Bonchev–Trinajstić information content (AvgIpc) is 2.95. The van der Waals surface area contributed by atoms with Crippen LogP contribution < -0.4 is 0 Å². The lowest BCUT2D eigenvalue weighted by Crippen LogP contribution is -1.92. The smallest absolute Gasteiger partial charge is 0.116 e. The van der Waals surface area contributed by atoms with Gasteiger partial charge in [-0.05, 0) is 37.2 Å². The van der Waals surface area contributed by atoms with Gasteiger partial charge in [-0.25, -0.2) is 4.99 Å². The fraction of sp³-hybridized carbons (Fsp3) is 0.385. The molecular weight excluding hydrogens is 184 g/mol. The summed E-state index contributed by atoms with van der Waals surface area (Å²) in [6, 6.07) is 10.6. The Balaban J connectivity index is 1.83. The first kappa shape index (κ1) is 10.1. The molecule has 0 spiro atoms. The second-order valence-electron chi connectivity index (χ2n) is 4.21. The van der Waals surface area contributed by atoms with E-state index in [9.17, 15) is 0 Å². The molecule has 1 saturated carbocycles. The molecule has 1 N–H and O–H groups in total. The Morgan fingerprint density at radius 2 is 2.20 bits per heavy atom. The summed E-state index contributed by atoms with van der Waals surface area (Å²) in [6.45, 7) is 1.71. The standard InChI is InChI=1S/C13H16N2/c1-10(14)15-9-13-8-12(13)7-11-5-3-2-4-6-11/h2-6,9,12-14H,7-8H2,1H3. The van der Waals surface area contributed by atoms with Crippen LogP contribution >= 0.6 is 0 Å². The van der Waals surface area contributed by atoms with Crippen LogP contribution in [-0.2, 0) is 6.42 Å². The molecule has 2 atom stereocenters. The summed E-state index contributed by atoms with van der Waals surface area (Å²) in [6.07, 6.45) is 4.32. The highest BCUT2D eigenvalue weighted by Crippen LogP contribution is 2.39. The Kier molecular flexibility index (Phi) is 2.95. The van der Waals surface area contributed by atoms with Gasteiger partial charge in [0.1, 0.15) is 5.84 Å². The van der Waals surface area contributed by atoms with Crippen LogP contribution in [0.3, 0.4) is 0 Å². The lowest BCUT2D eigenvalue weighted by Gasteiger charge is -1.97. The molecule has 1 aromatic rings. The van der Waals surface area contributed by atoms with Crippen LogP contribution in [0.2, 0.25) is 0 Å². The summed E-state index contributed by atoms with van der Waals surface area (Å²) in [4.78, 5) is 4.04. The molecular formula is C13H16N2. The Labute approximate surface area is 90.6 Å². The molecule has 2 heteroatoms. The van der Waals surface area contributed by atoms with Gasteiger partial charge >= 0.3 is 0 Å². The Morgan fingerprint density at radius 1 is 1.47 bits per heavy atom. The van der Waals surface area contributed by atoms with E-state index in [1.807, 2.05) is 12.3 Å².